The van der Waals surface area contributed by atoms with E-state index in [1.807, 2.05) is 12.1 Å². The van der Waals surface area contributed by atoms with E-state index in [1.54, 1.807) is 12.5 Å². The van der Waals surface area contributed by atoms with E-state index in [0.717, 1.165) is 29.8 Å². The van der Waals surface area contributed by atoms with Gasteiger partial charge in [-0.05, 0) is 18.6 Å². The van der Waals surface area contributed by atoms with Crippen LogP contribution in [-0.2, 0) is 9.53 Å². The monoisotopic (exact) mass is 246 g/mol. The molecule has 3 heterocycles. The summed E-state index contributed by atoms with van der Waals surface area (Å²) in [6.45, 7) is 1.47. The molecule has 0 radical (unpaired) electrons. The molecule has 1 aliphatic rings. The lowest BCUT2D eigenvalue weighted by atomic mass is 10.1. The topological polar surface area (TPSA) is 55.6 Å². The molecule has 0 saturated carbocycles. The van der Waals surface area contributed by atoms with Gasteiger partial charge in [0.2, 0.25) is 0 Å². The number of rotatable bonds is 2. The molecule has 18 heavy (non-hydrogen) atoms. The molecule has 0 aromatic carbocycles. The number of nitrogens with zero attached hydrogens (tertiary/aromatic N) is 2. The fourth-order valence-corrected chi connectivity index (χ4v) is 2.44. The number of ether oxygens (including phenoxy) is 1. The van der Waals surface area contributed by atoms with Crippen molar-refractivity contribution in [3.05, 3.63) is 24.6 Å². The van der Waals surface area contributed by atoms with Gasteiger partial charge in [0.25, 0.3) is 0 Å². The number of aromatic nitrogens is 1. The maximum atomic E-state index is 11.5. The number of furan rings is 1. The largest absolute Gasteiger partial charge is 0.469 e. The van der Waals surface area contributed by atoms with Crippen LogP contribution in [0.15, 0.2) is 29.0 Å². The zero-order valence-corrected chi connectivity index (χ0v) is 10.1. The molecule has 1 aliphatic heterocycles. The van der Waals surface area contributed by atoms with Crippen LogP contribution >= 0.6 is 0 Å². The molecule has 94 valence electrons. The summed E-state index contributed by atoms with van der Waals surface area (Å²) in [5, 5.41) is 0.989. The van der Waals surface area contributed by atoms with Crippen LogP contribution in [-0.4, -0.2) is 31.2 Å². The van der Waals surface area contributed by atoms with E-state index in [9.17, 15) is 4.79 Å². The number of hydrogen-bond donors (Lipinski definition) is 0. The summed E-state index contributed by atoms with van der Waals surface area (Å²) < 4.78 is 10.1. The van der Waals surface area contributed by atoms with Crippen molar-refractivity contribution in [3.8, 4) is 0 Å². The van der Waals surface area contributed by atoms with Crippen molar-refractivity contribution in [1.82, 2.24) is 4.98 Å². The molecule has 3 rings (SSSR count). The van der Waals surface area contributed by atoms with E-state index in [0.29, 0.717) is 6.54 Å². The van der Waals surface area contributed by atoms with Crippen LogP contribution in [0.5, 0.6) is 0 Å². The quantitative estimate of drug-likeness (QED) is 0.757. The lowest BCUT2D eigenvalue weighted by Gasteiger charge is -2.17. The third-order valence-corrected chi connectivity index (χ3v) is 3.38. The Hall–Kier alpha value is -2.04. The summed E-state index contributed by atoms with van der Waals surface area (Å²) >= 11 is 0. The van der Waals surface area contributed by atoms with Crippen LogP contribution in [0, 0.1) is 5.92 Å². The third-order valence-electron chi connectivity index (χ3n) is 3.38. The van der Waals surface area contributed by atoms with Gasteiger partial charge in [-0.1, -0.05) is 0 Å². The summed E-state index contributed by atoms with van der Waals surface area (Å²) in [5.74, 6) is 0.684. The van der Waals surface area contributed by atoms with E-state index >= 15 is 0 Å². The van der Waals surface area contributed by atoms with Gasteiger partial charge in [0.1, 0.15) is 11.4 Å². The molecule has 0 N–H and O–H groups in total. The molecule has 5 nitrogen and oxygen atoms in total. The maximum Gasteiger partial charge on any atom is 0.310 e. The predicted molar refractivity (Wildman–Crippen MR) is 66.3 cm³/mol. The molecule has 5 heteroatoms. The minimum Gasteiger partial charge on any atom is -0.469 e. The SMILES string of the molecule is COC(=O)C1CCN(c2nccc3occc23)C1. The van der Waals surface area contributed by atoms with Crippen molar-refractivity contribution < 1.29 is 13.9 Å². The molecule has 1 saturated heterocycles. The molecule has 1 atom stereocenters. The molecule has 0 amide bonds. The van der Waals surface area contributed by atoms with Crippen molar-refractivity contribution in [2.75, 3.05) is 25.1 Å². The first-order chi connectivity index (χ1) is 8.79. The van der Waals surface area contributed by atoms with Crippen LogP contribution < -0.4 is 4.90 Å². The first kappa shape index (κ1) is 11.1. The highest BCUT2D eigenvalue weighted by molar-refractivity contribution is 5.89. The zero-order valence-electron chi connectivity index (χ0n) is 10.1. The van der Waals surface area contributed by atoms with Gasteiger partial charge < -0.3 is 14.1 Å². The Bertz CT molecular complexity index is 578. The Balaban J connectivity index is 1.88. The zero-order chi connectivity index (χ0) is 12.5. The summed E-state index contributed by atoms with van der Waals surface area (Å²) in [6.07, 6.45) is 4.19. The first-order valence-corrected chi connectivity index (χ1v) is 5.94. The number of methoxy groups -OCH3 is 1. The first-order valence-electron chi connectivity index (χ1n) is 5.94. The van der Waals surface area contributed by atoms with Gasteiger partial charge >= 0.3 is 5.97 Å². The molecule has 0 aliphatic carbocycles. The highest BCUT2D eigenvalue weighted by Crippen LogP contribution is 2.29. The highest BCUT2D eigenvalue weighted by Gasteiger charge is 2.30. The second-order valence-corrected chi connectivity index (χ2v) is 4.42. The van der Waals surface area contributed by atoms with Gasteiger partial charge in [-0.25, -0.2) is 4.98 Å². The molecule has 2 aromatic rings. The molecule has 1 fully saturated rings. The fraction of sp³-hybridized carbons (Fsp3) is 0.385. The number of carbonyl (C=O) groups is 1. The lowest BCUT2D eigenvalue weighted by molar-refractivity contribution is -0.144. The number of fused-ring (bicyclic) bond motifs is 1. The maximum absolute atomic E-state index is 11.5. The summed E-state index contributed by atoms with van der Waals surface area (Å²) in [6, 6.07) is 3.75. The second kappa shape index (κ2) is 4.33. The summed E-state index contributed by atoms with van der Waals surface area (Å²) in [7, 11) is 1.43. The number of esters is 1. The number of anilines is 1. The third kappa shape index (κ3) is 1.72. The molecule has 0 bridgehead atoms. The van der Waals surface area contributed by atoms with Crippen molar-refractivity contribution in [2.45, 2.75) is 6.42 Å². The Morgan fingerprint density at radius 3 is 3.28 bits per heavy atom. The molecule has 2 aromatic heterocycles. The predicted octanol–water partition coefficient (Wildman–Crippen LogP) is 1.83. The standard InChI is InChI=1S/C13H14N2O3/c1-17-13(16)9-3-6-15(8-9)12-10-4-7-18-11(10)2-5-14-12/h2,4-5,7,9H,3,6,8H2,1H3. The van der Waals surface area contributed by atoms with E-state index < -0.39 is 0 Å². The van der Waals surface area contributed by atoms with Crippen molar-refractivity contribution in [2.24, 2.45) is 5.92 Å². The number of pyridine rings is 1. The van der Waals surface area contributed by atoms with Gasteiger partial charge in [0, 0.05) is 19.3 Å². The average Bonchev–Trinajstić information content (AvgIpc) is 3.05. The fourth-order valence-electron chi connectivity index (χ4n) is 2.44. The summed E-state index contributed by atoms with van der Waals surface area (Å²) in [5.41, 5.74) is 0.821. The Morgan fingerprint density at radius 2 is 2.44 bits per heavy atom. The van der Waals surface area contributed by atoms with Gasteiger partial charge in [0.05, 0.1) is 24.7 Å². The highest BCUT2D eigenvalue weighted by atomic mass is 16.5. The van der Waals surface area contributed by atoms with Gasteiger partial charge in [-0.15, -0.1) is 0 Å². The van der Waals surface area contributed by atoms with Crippen molar-refractivity contribution in [3.63, 3.8) is 0 Å². The van der Waals surface area contributed by atoms with Gasteiger partial charge in [-0.3, -0.25) is 4.79 Å². The summed E-state index contributed by atoms with van der Waals surface area (Å²) in [4.78, 5) is 18.0. The molecular formula is C13H14N2O3. The molecular weight excluding hydrogens is 232 g/mol. The van der Waals surface area contributed by atoms with E-state index in [1.165, 1.54) is 7.11 Å². The Labute approximate surface area is 104 Å². The van der Waals surface area contributed by atoms with Crippen LogP contribution in [0.4, 0.5) is 5.82 Å². The van der Waals surface area contributed by atoms with Crippen LogP contribution in [0.2, 0.25) is 0 Å². The minimum absolute atomic E-state index is 0.0565. The average molecular weight is 246 g/mol. The number of carbonyl (C=O) groups excluding carboxylic acids is 1. The molecule has 0 spiro atoms. The van der Waals surface area contributed by atoms with E-state index in [-0.39, 0.29) is 11.9 Å². The second-order valence-electron chi connectivity index (χ2n) is 4.42. The van der Waals surface area contributed by atoms with Crippen molar-refractivity contribution >= 4 is 22.8 Å². The Morgan fingerprint density at radius 1 is 1.56 bits per heavy atom. The van der Waals surface area contributed by atoms with E-state index in [2.05, 4.69) is 9.88 Å². The van der Waals surface area contributed by atoms with Gasteiger partial charge in [0.15, 0.2) is 0 Å². The van der Waals surface area contributed by atoms with Crippen LogP contribution in [0.25, 0.3) is 11.0 Å². The smallest absolute Gasteiger partial charge is 0.310 e. The minimum atomic E-state index is -0.142. The van der Waals surface area contributed by atoms with Crippen molar-refractivity contribution in [1.29, 1.82) is 0 Å². The van der Waals surface area contributed by atoms with Gasteiger partial charge in [-0.2, -0.15) is 0 Å². The number of hydrogen-bond acceptors (Lipinski definition) is 5. The van der Waals surface area contributed by atoms with Crippen LogP contribution in [0.3, 0.4) is 0 Å². The van der Waals surface area contributed by atoms with E-state index in [4.69, 9.17) is 9.15 Å². The lowest BCUT2D eigenvalue weighted by Crippen LogP contribution is -2.24. The van der Waals surface area contributed by atoms with Crippen LogP contribution in [0.1, 0.15) is 6.42 Å². The molecule has 1 unspecified atom stereocenters. The Kier molecular flexibility index (Phi) is 2.66. The normalized spacial score (nSPS) is 19.4.